The van der Waals surface area contributed by atoms with Crippen LogP contribution in [-0.2, 0) is 0 Å². The lowest BCUT2D eigenvalue weighted by molar-refractivity contribution is 0.143. The minimum absolute atomic E-state index is 0.382. The molecule has 0 radical (unpaired) electrons. The van der Waals surface area contributed by atoms with E-state index >= 15 is 0 Å². The van der Waals surface area contributed by atoms with Gasteiger partial charge in [0.1, 0.15) is 16.9 Å². The van der Waals surface area contributed by atoms with Gasteiger partial charge in [0.2, 0.25) is 0 Å². The fraction of sp³-hybridized carbons (Fsp3) is 0.143. The molecule has 0 aliphatic carbocycles. The number of hydrogen-bond acceptors (Lipinski definition) is 1. The first-order valence-corrected chi connectivity index (χ1v) is 5.85. The molecule has 1 atom stereocenters. The zero-order valence-corrected chi connectivity index (χ0v) is 10.1. The normalized spacial score (nSPS) is 12.4. The number of alkyl halides is 3. The molecule has 1 unspecified atom stereocenters. The highest BCUT2D eigenvalue weighted by Crippen LogP contribution is 2.29. The summed E-state index contributed by atoms with van der Waals surface area (Å²) in [6.45, 7) is 0. The van der Waals surface area contributed by atoms with Crippen molar-refractivity contribution in [3.63, 3.8) is 0 Å². The maximum atomic E-state index is 12.4. The van der Waals surface area contributed by atoms with Gasteiger partial charge in [-0.15, -0.1) is 11.6 Å². The van der Waals surface area contributed by atoms with E-state index in [9.17, 15) is 8.78 Å². The highest BCUT2D eigenvalue weighted by Gasteiger charge is 2.18. The molecule has 18 heavy (non-hydrogen) atoms. The first-order chi connectivity index (χ1) is 8.66. The first kappa shape index (κ1) is 12.8. The van der Waals surface area contributed by atoms with Gasteiger partial charge in [-0.2, -0.15) is 0 Å². The number of ether oxygens (including phenoxy) is 1. The van der Waals surface area contributed by atoms with E-state index in [0.29, 0.717) is 17.1 Å². The molecule has 0 aromatic heterocycles. The molecule has 4 heteroatoms. The van der Waals surface area contributed by atoms with Gasteiger partial charge in [0.05, 0.1) is 0 Å². The summed E-state index contributed by atoms with van der Waals surface area (Å²) in [6, 6.07) is 15.6. The predicted molar refractivity (Wildman–Crippen MR) is 67.6 cm³/mol. The van der Waals surface area contributed by atoms with E-state index in [2.05, 4.69) is 0 Å². The van der Waals surface area contributed by atoms with Crippen molar-refractivity contribution in [2.45, 2.75) is 11.8 Å². The second-order valence-corrected chi connectivity index (χ2v) is 4.19. The Labute approximate surface area is 109 Å². The summed E-state index contributed by atoms with van der Waals surface area (Å²) in [7, 11) is 0. The van der Waals surface area contributed by atoms with E-state index in [4.69, 9.17) is 16.3 Å². The van der Waals surface area contributed by atoms with Gasteiger partial charge in [-0.05, 0) is 29.8 Å². The van der Waals surface area contributed by atoms with Gasteiger partial charge in [0.25, 0.3) is 6.43 Å². The maximum absolute atomic E-state index is 12.4. The van der Waals surface area contributed by atoms with E-state index < -0.39 is 11.8 Å². The summed E-state index contributed by atoms with van der Waals surface area (Å²) in [5, 5.41) is -1.28. The summed E-state index contributed by atoms with van der Waals surface area (Å²) in [6.07, 6.45) is -2.58. The lowest BCUT2D eigenvalue weighted by atomic mass is 10.1. The Morgan fingerprint density at radius 2 is 1.39 bits per heavy atom. The second-order valence-electron chi connectivity index (χ2n) is 3.72. The molecule has 0 spiro atoms. The molecule has 0 saturated heterocycles. The quantitative estimate of drug-likeness (QED) is 0.707. The van der Waals surface area contributed by atoms with Crippen LogP contribution in [0.25, 0.3) is 0 Å². The Morgan fingerprint density at radius 1 is 0.833 bits per heavy atom. The van der Waals surface area contributed by atoms with Gasteiger partial charge < -0.3 is 4.74 Å². The van der Waals surface area contributed by atoms with E-state index in [0.717, 1.165) is 0 Å². The second kappa shape index (κ2) is 5.83. The lowest BCUT2D eigenvalue weighted by Gasteiger charge is -2.10. The van der Waals surface area contributed by atoms with E-state index in [-0.39, 0.29) is 0 Å². The van der Waals surface area contributed by atoms with Crippen LogP contribution < -0.4 is 4.74 Å². The van der Waals surface area contributed by atoms with Crippen LogP contribution in [-0.4, -0.2) is 6.43 Å². The Morgan fingerprint density at radius 3 is 1.94 bits per heavy atom. The predicted octanol–water partition coefficient (Wildman–Crippen LogP) is 5.02. The molecule has 0 amide bonds. The van der Waals surface area contributed by atoms with Crippen molar-refractivity contribution < 1.29 is 13.5 Å². The molecule has 0 saturated carbocycles. The molecule has 2 rings (SSSR count). The molecule has 0 aliphatic rings. The molecule has 0 aliphatic heterocycles. The fourth-order valence-electron chi connectivity index (χ4n) is 1.49. The molecule has 0 bridgehead atoms. The van der Waals surface area contributed by atoms with Crippen LogP contribution in [0.15, 0.2) is 54.6 Å². The lowest BCUT2D eigenvalue weighted by Crippen LogP contribution is -2.01. The van der Waals surface area contributed by atoms with Crippen molar-refractivity contribution in [2.75, 3.05) is 0 Å². The summed E-state index contributed by atoms with van der Waals surface area (Å²) < 4.78 is 30.3. The zero-order valence-electron chi connectivity index (χ0n) is 9.39. The number of rotatable bonds is 4. The molecular weight excluding hydrogens is 258 g/mol. The summed E-state index contributed by atoms with van der Waals surface area (Å²) >= 11 is 5.56. The SMILES string of the molecule is FC(F)C(Cl)c1ccc(Oc2ccccc2)cc1. The number of benzene rings is 2. The van der Waals surface area contributed by atoms with Crippen molar-refractivity contribution >= 4 is 11.6 Å². The van der Waals surface area contributed by atoms with Crippen molar-refractivity contribution in [3.8, 4) is 11.5 Å². The minimum Gasteiger partial charge on any atom is -0.457 e. The third-order valence-corrected chi connectivity index (χ3v) is 2.84. The largest absolute Gasteiger partial charge is 0.457 e. The Bertz CT molecular complexity index is 485. The minimum atomic E-state index is -2.58. The smallest absolute Gasteiger partial charge is 0.258 e. The first-order valence-electron chi connectivity index (χ1n) is 5.42. The average molecular weight is 269 g/mol. The van der Waals surface area contributed by atoms with Crippen LogP contribution in [0.3, 0.4) is 0 Å². The van der Waals surface area contributed by atoms with Crippen LogP contribution in [0.5, 0.6) is 11.5 Å². The monoisotopic (exact) mass is 268 g/mol. The molecule has 1 nitrogen and oxygen atoms in total. The van der Waals surface area contributed by atoms with Crippen molar-refractivity contribution in [2.24, 2.45) is 0 Å². The van der Waals surface area contributed by atoms with Gasteiger partial charge in [0, 0.05) is 0 Å². The molecule has 2 aromatic rings. The molecule has 94 valence electrons. The van der Waals surface area contributed by atoms with Crippen LogP contribution in [0.4, 0.5) is 8.78 Å². The molecule has 0 N–H and O–H groups in total. The van der Waals surface area contributed by atoms with E-state index in [1.54, 1.807) is 24.3 Å². The van der Waals surface area contributed by atoms with Gasteiger partial charge in [-0.1, -0.05) is 30.3 Å². The third-order valence-electron chi connectivity index (χ3n) is 2.40. The maximum Gasteiger partial charge on any atom is 0.258 e. The van der Waals surface area contributed by atoms with Crippen LogP contribution >= 0.6 is 11.6 Å². The average Bonchev–Trinajstić information content (AvgIpc) is 2.40. The van der Waals surface area contributed by atoms with Crippen LogP contribution in [0.1, 0.15) is 10.9 Å². The Kier molecular flexibility index (Phi) is 4.15. The van der Waals surface area contributed by atoms with Crippen LogP contribution in [0, 0.1) is 0 Å². The molecule has 0 fully saturated rings. The van der Waals surface area contributed by atoms with Crippen molar-refractivity contribution in [1.82, 2.24) is 0 Å². The molecule has 2 aromatic carbocycles. The summed E-state index contributed by atoms with van der Waals surface area (Å²) in [5.74, 6) is 1.28. The van der Waals surface area contributed by atoms with Crippen molar-refractivity contribution in [1.29, 1.82) is 0 Å². The summed E-state index contributed by atoms with van der Waals surface area (Å²) in [5.41, 5.74) is 0.382. The van der Waals surface area contributed by atoms with Gasteiger partial charge in [-0.25, -0.2) is 8.78 Å². The topological polar surface area (TPSA) is 9.23 Å². The summed E-state index contributed by atoms with van der Waals surface area (Å²) in [4.78, 5) is 0. The van der Waals surface area contributed by atoms with Gasteiger partial charge in [0.15, 0.2) is 0 Å². The Hall–Kier alpha value is -1.61. The van der Waals surface area contributed by atoms with Gasteiger partial charge in [-0.3, -0.25) is 0 Å². The van der Waals surface area contributed by atoms with E-state index in [1.807, 2.05) is 30.3 Å². The van der Waals surface area contributed by atoms with Gasteiger partial charge >= 0.3 is 0 Å². The highest BCUT2D eigenvalue weighted by molar-refractivity contribution is 6.21. The van der Waals surface area contributed by atoms with E-state index in [1.165, 1.54) is 0 Å². The van der Waals surface area contributed by atoms with Crippen LogP contribution in [0.2, 0.25) is 0 Å². The third kappa shape index (κ3) is 3.20. The fourth-order valence-corrected chi connectivity index (χ4v) is 1.64. The zero-order chi connectivity index (χ0) is 13.0. The molecule has 0 heterocycles. The molecular formula is C14H11ClF2O. The number of para-hydroxylation sites is 1. The number of halogens is 3. The van der Waals surface area contributed by atoms with Crippen molar-refractivity contribution in [3.05, 3.63) is 60.2 Å². The Balaban J connectivity index is 2.09. The number of hydrogen-bond donors (Lipinski definition) is 0. The standard InChI is InChI=1S/C14H11ClF2O/c15-13(14(16)17)10-6-8-12(9-7-10)18-11-4-2-1-3-5-11/h1-9,13-14H. The highest BCUT2D eigenvalue weighted by atomic mass is 35.5.